The van der Waals surface area contributed by atoms with E-state index in [1.165, 1.54) is 21.4 Å². The van der Waals surface area contributed by atoms with Crippen LogP contribution in [0.4, 0.5) is 5.69 Å². The molecule has 0 spiro atoms. The van der Waals surface area contributed by atoms with Gasteiger partial charge in [0, 0.05) is 45.1 Å². The van der Waals surface area contributed by atoms with Gasteiger partial charge in [0.25, 0.3) is 5.91 Å². The lowest BCUT2D eigenvalue weighted by Gasteiger charge is -2.40. The second-order valence-corrected chi connectivity index (χ2v) is 10.1. The Bertz CT molecular complexity index is 1450. The Morgan fingerprint density at radius 2 is 1.60 bits per heavy atom. The van der Waals surface area contributed by atoms with Gasteiger partial charge in [0.2, 0.25) is 5.91 Å². The number of rotatable bonds is 3. The molecule has 0 aliphatic carbocycles. The smallest absolute Gasteiger partial charge is 0.251 e. The number of H-pyrrole nitrogens is 1. The lowest BCUT2D eigenvalue weighted by Crippen LogP contribution is -2.47. The molecule has 3 unspecified atom stereocenters. The van der Waals surface area contributed by atoms with Crippen molar-refractivity contribution in [3.8, 4) is 0 Å². The molecule has 3 atom stereocenters. The highest BCUT2D eigenvalue weighted by atomic mass is 35.5. The van der Waals surface area contributed by atoms with E-state index in [1.807, 2.05) is 24.3 Å². The molecule has 3 aromatic carbocycles. The van der Waals surface area contributed by atoms with Crippen LogP contribution in [0.5, 0.6) is 0 Å². The Kier molecular flexibility index (Phi) is 5.44. The summed E-state index contributed by atoms with van der Waals surface area (Å²) in [7, 11) is 0. The molecule has 1 aromatic heterocycles. The molecule has 3 heterocycles. The molecule has 0 radical (unpaired) electrons. The predicted molar refractivity (Wildman–Crippen MR) is 139 cm³/mol. The summed E-state index contributed by atoms with van der Waals surface area (Å²) in [6.07, 6.45) is 0.115. The molecule has 1 saturated heterocycles. The largest absolute Gasteiger partial charge is 0.357 e. The number of amides is 2. The van der Waals surface area contributed by atoms with E-state index in [9.17, 15) is 9.59 Å². The van der Waals surface area contributed by atoms with Gasteiger partial charge in [-0.05, 0) is 42.3 Å². The minimum Gasteiger partial charge on any atom is -0.357 e. The van der Waals surface area contributed by atoms with E-state index in [4.69, 9.17) is 23.2 Å². The fourth-order valence-electron chi connectivity index (χ4n) is 5.68. The highest BCUT2D eigenvalue weighted by Gasteiger charge is 2.47. The van der Waals surface area contributed by atoms with Gasteiger partial charge >= 0.3 is 0 Å². The van der Waals surface area contributed by atoms with Gasteiger partial charge in [0.05, 0.1) is 18.2 Å². The topological polar surface area (TPSA) is 56.4 Å². The van der Waals surface area contributed by atoms with E-state index in [1.54, 1.807) is 18.2 Å². The Morgan fingerprint density at radius 3 is 2.34 bits per heavy atom. The summed E-state index contributed by atoms with van der Waals surface area (Å²) < 4.78 is 0. The lowest BCUT2D eigenvalue weighted by atomic mass is 9.83. The van der Waals surface area contributed by atoms with Crippen molar-refractivity contribution < 1.29 is 9.59 Å². The zero-order valence-electron chi connectivity index (χ0n) is 19.0. The maximum Gasteiger partial charge on any atom is 0.251 e. The first kappa shape index (κ1) is 22.4. The van der Waals surface area contributed by atoms with Gasteiger partial charge < -0.3 is 4.98 Å². The molecule has 2 aliphatic heterocycles. The van der Waals surface area contributed by atoms with Crippen molar-refractivity contribution in [1.82, 2.24) is 9.88 Å². The third-order valence-corrected chi connectivity index (χ3v) is 7.70. The van der Waals surface area contributed by atoms with Gasteiger partial charge in [0.15, 0.2) is 0 Å². The molecule has 5 nitrogen and oxygen atoms in total. The molecular formula is C28H23Cl2N3O2. The van der Waals surface area contributed by atoms with Crippen molar-refractivity contribution >= 4 is 51.6 Å². The highest BCUT2D eigenvalue weighted by molar-refractivity contribution is 6.35. The molecule has 6 rings (SSSR count). The normalized spacial score (nSPS) is 22.7. The van der Waals surface area contributed by atoms with Crippen molar-refractivity contribution in [3.05, 3.63) is 99.7 Å². The SMILES string of the molecule is CC1c2[nH]c3ccccc3c2C(c2ccccc2)CN1C1CC(=O)N(c2cc(Cl)cc(Cl)c2)C1=O. The number of nitrogens with zero attached hydrogens (tertiary/aromatic N) is 2. The number of anilines is 1. The quantitative estimate of drug-likeness (QED) is 0.333. The van der Waals surface area contributed by atoms with Crippen LogP contribution in [0.25, 0.3) is 10.9 Å². The number of benzene rings is 3. The molecule has 7 heteroatoms. The number of nitrogens with one attached hydrogen (secondary N) is 1. The maximum absolute atomic E-state index is 13.7. The molecule has 35 heavy (non-hydrogen) atoms. The van der Waals surface area contributed by atoms with Gasteiger partial charge in [-0.15, -0.1) is 0 Å². The Balaban J connectivity index is 1.43. The minimum absolute atomic E-state index is 0.0658. The molecule has 2 aliphatic rings. The minimum atomic E-state index is -0.568. The number of para-hydroxylation sites is 1. The number of halogens is 2. The summed E-state index contributed by atoms with van der Waals surface area (Å²) in [4.78, 5) is 33.8. The van der Waals surface area contributed by atoms with Gasteiger partial charge in [-0.25, -0.2) is 4.90 Å². The van der Waals surface area contributed by atoms with E-state index in [2.05, 4.69) is 47.1 Å². The summed E-state index contributed by atoms with van der Waals surface area (Å²) in [6, 6.07) is 22.8. The first-order chi connectivity index (χ1) is 16.9. The average Bonchev–Trinajstić information content (AvgIpc) is 3.37. The first-order valence-electron chi connectivity index (χ1n) is 11.7. The molecule has 2 amide bonds. The van der Waals surface area contributed by atoms with Crippen molar-refractivity contribution in [2.45, 2.75) is 31.3 Å². The Hall–Kier alpha value is -3.12. The van der Waals surface area contributed by atoms with Crippen molar-refractivity contribution in [1.29, 1.82) is 0 Å². The van der Waals surface area contributed by atoms with Crippen molar-refractivity contribution in [2.24, 2.45) is 0 Å². The summed E-state index contributed by atoms with van der Waals surface area (Å²) in [5.41, 5.74) is 5.04. The van der Waals surface area contributed by atoms with Crippen molar-refractivity contribution in [3.63, 3.8) is 0 Å². The standard InChI is InChI=1S/C28H23Cl2N3O2/c1-16-27-26(21-9-5-6-10-23(21)31-27)22(17-7-3-2-4-8-17)15-32(16)24-14-25(34)33(28(24)35)20-12-18(29)11-19(30)13-20/h2-13,16,22,24,31H,14-15H2,1H3. The van der Waals surface area contributed by atoms with Crippen LogP contribution < -0.4 is 4.90 Å². The van der Waals surface area contributed by atoms with E-state index < -0.39 is 6.04 Å². The molecule has 4 aromatic rings. The Morgan fingerprint density at radius 1 is 0.914 bits per heavy atom. The van der Waals surface area contributed by atoms with Gasteiger partial charge in [-0.2, -0.15) is 0 Å². The Labute approximate surface area is 213 Å². The molecule has 1 N–H and O–H groups in total. The fraction of sp³-hybridized carbons (Fsp3) is 0.214. The maximum atomic E-state index is 13.7. The second-order valence-electron chi connectivity index (χ2n) is 9.25. The third-order valence-electron chi connectivity index (χ3n) is 7.26. The number of aromatic nitrogens is 1. The molecule has 1 fully saturated rings. The van der Waals surface area contributed by atoms with Crippen LogP contribution in [0.15, 0.2) is 72.8 Å². The van der Waals surface area contributed by atoms with Crippen LogP contribution in [0, 0.1) is 0 Å². The zero-order chi connectivity index (χ0) is 24.3. The highest BCUT2D eigenvalue weighted by Crippen LogP contribution is 2.45. The van der Waals surface area contributed by atoms with E-state index in [0.717, 1.165) is 11.2 Å². The second kappa shape index (κ2) is 8.52. The number of imide groups is 1. The van der Waals surface area contributed by atoms with Gasteiger partial charge in [-0.3, -0.25) is 14.5 Å². The van der Waals surface area contributed by atoms with Crippen LogP contribution in [-0.4, -0.2) is 34.3 Å². The van der Waals surface area contributed by atoms with Crippen LogP contribution in [0.3, 0.4) is 0 Å². The van der Waals surface area contributed by atoms with Crippen molar-refractivity contribution in [2.75, 3.05) is 11.4 Å². The molecule has 0 saturated carbocycles. The molecule has 0 bridgehead atoms. The lowest BCUT2D eigenvalue weighted by molar-refractivity contribution is -0.123. The van der Waals surface area contributed by atoms with E-state index >= 15 is 0 Å². The van der Waals surface area contributed by atoms with Gasteiger partial charge in [-0.1, -0.05) is 71.7 Å². The summed E-state index contributed by atoms with van der Waals surface area (Å²) in [5, 5.41) is 1.97. The number of aromatic amines is 1. The van der Waals surface area contributed by atoms with Crippen LogP contribution >= 0.6 is 23.2 Å². The third kappa shape index (κ3) is 3.66. The number of carbonyl (C=O) groups excluding carboxylic acids is 2. The number of carbonyl (C=O) groups is 2. The summed E-state index contributed by atoms with van der Waals surface area (Å²) in [6.45, 7) is 2.74. The fourth-order valence-corrected chi connectivity index (χ4v) is 6.20. The van der Waals surface area contributed by atoms with Crippen LogP contribution in [0.2, 0.25) is 10.0 Å². The number of hydrogen-bond donors (Lipinski definition) is 1. The van der Waals surface area contributed by atoms with E-state index in [-0.39, 0.29) is 30.2 Å². The summed E-state index contributed by atoms with van der Waals surface area (Å²) in [5.74, 6) is -0.424. The van der Waals surface area contributed by atoms with Gasteiger partial charge in [0.1, 0.15) is 0 Å². The molecule has 176 valence electrons. The van der Waals surface area contributed by atoms with Crippen LogP contribution in [0.1, 0.15) is 42.1 Å². The monoisotopic (exact) mass is 503 g/mol. The first-order valence-corrected chi connectivity index (χ1v) is 12.4. The van der Waals surface area contributed by atoms with Crippen LogP contribution in [-0.2, 0) is 9.59 Å². The van der Waals surface area contributed by atoms with E-state index in [0.29, 0.717) is 22.3 Å². The average molecular weight is 504 g/mol. The number of fused-ring (bicyclic) bond motifs is 3. The summed E-state index contributed by atoms with van der Waals surface area (Å²) >= 11 is 12.3. The molecular weight excluding hydrogens is 481 g/mol. The zero-order valence-corrected chi connectivity index (χ0v) is 20.6. The number of hydrogen-bond acceptors (Lipinski definition) is 3. The predicted octanol–water partition coefficient (Wildman–Crippen LogP) is 6.32.